The van der Waals surface area contributed by atoms with Gasteiger partial charge in [-0.15, -0.1) is 0 Å². The van der Waals surface area contributed by atoms with Gasteiger partial charge < -0.3 is 10.6 Å². The summed E-state index contributed by atoms with van der Waals surface area (Å²) in [6, 6.07) is 0.549. The van der Waals surface area contributed by atoms with Crippen LogP contribution in [-0.2, 0) is 0 Å². The first kappa shape index (κ1) is 13.1. The Labute approximate surface area is 110 Å². The topological polar surface area (TPSA) is 49.8 Å². The molecule has 1 aromatic heterocycles. The van der Waals surface area contributed by atoms with Gasteiger partial charge in [-0.2, -0.15) is 0 Å². The maximum Gasteiger partial charge on any atom is 0.134 e. The van der Waals surface area contributed by atoms with Gasteiger partial charge in [-0.3, -0.25) is 0 Å². The average Bonchev–Trinajstić information content (AvgIpc) is 2.73. The number of hydrogen-bond acceptors (Lipinski definition) is 4. The maximum atomic E-state index is 4.37. The van der Waals surface area contributed by atoms with Crippen LogP contribution in [0.15, 0.2) is 6.33 Å². The molecule has 1 saturated carbocycles. The molecule has 2 rings (SSSR count). The van der Waals surface area contributed by atoms with E-state index in [4.69, 9.17) is 0 Å². The standard InChI is InChI=1S/C14H24N4/c1-5-11-6-7-12(9(11)2)18-14-10(3)13(15-4)16-8-17-14/h8-9,11-12H,5-7H2,1-4H3,(H2,15,16,17,18). The number of rotatable bonds is 4. The Morgan fingerprint density at radius 3 is 2.61 bits per heavy atom. The number of nitrogens with zero attached hydrogens (tertiary/aromatic N) is 2. The lowest BCUT2D eigenvalue weighted by Crippen LogP contribution is -2.25. The molecule has 0 aromatic carbocycles. The summed E-state index contributed by atoms with van der Waals surface area (Å²) >= 11 is 0. The van der Waals surface area contributed by atoms with E-state index in [2.05, 4.69) is 41.4 Å². The molecule has 0 amide bonds. The zero-order chi connectivity index (χ0) is 13.1. The van der Waals surface area contributed by atoms with E-state index in [9.17, 15) is 0 Å². The molecule has 0 spiro atoms. The molecule has 1 heterocycles. The number of anilines is 2. The normalized spacial score (nSPS) is 27.2. The third-order valence-electron chi connectivity index (χ3n) is 4.39. The molecular formula is C14H24N4. The maximum absolute atomic E-state index is 4.37. The Morgan fingerprint density at radius 1 is 1.28 bits per heavy atom. The first-order valence-corrected chi connectivity index (χ1v) is 6.93. The molecule has 4 nitrogen and oxygen atoms in total. The second-order valence-electron chi connectivity index (χ2n) is 5.30. The monoisotopic (exact) mass is 248 g/mol. The fourth-order valence-corrected chi connectivity index (χ4v) is 3.05. The first-order chi connectivity index (χ1) is 8.67. The lowest BCUT2D eigenvalue weighted by atomic mass is 9.93. The van der Waals surface area contributed by atoms with Gasteiger partial charge in [0.15, 0.2) is 0 Å². The van der Waals surface area contributed by atoms with Crippen molar-refractivity contribution in [1.82, 2.24) is 9.97 Å². The van der Waals surface area contributed by atoms with Gasteiger partial charge in [0.2, 0.25) is 0 Å². The number of aromatic nitrogens is 2. The van der Waals surface area contributed by atoms with Crippen molar-refractivity contribution in [3.05, 3.63) is 11.9 Å². The van der Waals surface area contributed by atoms with Crippen molar-refractivity contribution in [2.75, 3.05) is 17.7 Å². The van der Waals surface area contributed by atoms with Crippen molar-refractivity contribution in [1.29, 1.82) is 0 Å². The predicted octanol–water partition coefficient (Wildman–Crippen LogP) is 3.06. The van der Waals surface area contributed by atoms with Crippen LogP contribution in [0.2, 0.25) is 0 Å². The Morgan fingerprint density at radius 2 is 2.00 bits per heavy atom. The van der Waals surface area contributed by atoms with Crippen molar-refractivity contribution in [2.45, 2.75) is 46.1 Å². The first-order valence-electron chi connectivity index (χ1n) is 6.93. The molecule has 2 N–H and O–H groups in total. The molecule has 1 aromatic rings. The van der Waals surface area contributed by atoms with Crippen LogP contribution < -0.4 is 10.6 Å². The Hall–Kier alpha value is -1.32. The molecule has 0 radical (unpaired) electrons. The van der Waals surface area contributed by atoms with Crippen LogP contribution in [-0.4, -0.2) is 23.1 Å². The lowest BCUT2D eigenvalue weighted by molar-refractivity contribution is 0.391. The number of hydrogen-bond donors (Lipinski definition) is 2. The molecule has 0 bridgehead atoms. The molecule has 4 heteroatoms. The van der Waals surface area contributed by atoms with Crippen molar-refractivity contribution in [3.63, 3.8) is 0 Å². The summed E-state index contributed by atoms with van der Waals surface area (Å²) in [4.78, 5) is 8.59. The van der Waals surface area contributed by atoms with E-state index in [1.807, 2.05) is 7.05 Å². The zero-order valence-corrected chi connectivity index (χ0v) is 11.8. The minimum absolute atomic E-state index is 0.549. The summed E-state index contributed by atoms with van der Waals surface area (Å²) in [5, 5.41) is 6.71. The quantitative estimate of drug-likeness (QED) is 0.860. The van der Waals surface area contributed by atoms with Crippen LogP contribution in [0.4, 0.5) is 11.6 Å². The summed E-state index contributed by atoms with van der Waals surface area (Å²) in [7, 11) is 1.89. The SMILES string of the molecule is CCC1CCC(Nc2ncnc(NC)c2C)C1C. The van der Waals surface area contributed by atoms with E-state index in [0.29, 0.717) is 6.04 Å². The van der Waals surface area contributed by atoms with Crippen LogP contribution in [0.3, 0.4) is 0 Å². The van der Waals surface area contributed by atoms with E-state index in [-0.39, 0.29) is 0 Å². The molecule has 1 aliphatic rings. The van der Waals surface area contributed by atoms with Gasteiger partial charge in [-0.1, -0.05) is 20.3 Å². The summed E-state index contributed by atoms with van der Waals surface area (Å²) in [5.41, 5.74) is 1.10. The van der Waals surface area contributed by atoms with Crippen LogP contribution >= 0.6 is 0 Å². The molecule has 3 unspecified atom stereocenters. The van der Waals surface area contributed by atoms with Gasteiger partial charge in [-0.25, -0.2) is 9.97 Å². The highest BCUT2D eigenvalue weighted by Crippen LogP contribution is 2.36. The predicted molar refractivity (Wildman–Crippen MR) is 75.9 cm³/mol. The van der Waals surface area contributed by atoms with Gasteiger partial charge in [0.05, 0.1) is 0 Å². The second-order valence-corrected chi connectivity index (χ2v) is 5.30. The van der Waals surface area contributed by atoms with E-state index in [0.717, 1.165) is 29.0 Å². The lowest BCUT2D eigenvalue weighted by Gasteiger charge is -2.22. The van der Waals surface area contributed by atoms with E-state index < -0.39 is 0 Å². The van der Waals surface area contributed by atoms with Crippen molar-refractivity contribution in [3.8, 4) is 0 Å². The van der Waals surface area contributed by atoms with Gasteiger partial charge in [0, 0.05) is 18.7 Å². The molecule has 1 fully saturated rings. The third-order valence-corrected chi connectivity index (χ3v) is 4.39. The number of nitrogens with one attached hydrogen (secondary N) is 2. The second kappa shape index (κ2) is 5.55. The fourth-order valence-electron chi connectivity index (χ4n) is 3.05. The Bertz CT molecular complexity index is 405. The summed E-state index contributed by atoms with van der Waals surface area (Å²) in [6.45, 7) is 6.71. The van der Waals surface area contributed by atoms with Crippen LogP contribution in [0, 0.1) is 18.8 Å². The molecule has 100 valence electrons. The fraction of sp³-hybridized carbons (Fsp3) is 0.714. The van der Waals surface area contributed by atoms with Crippen molar-refractivity contribution >= 4 is 11.6 Å². The molecule has 3 atom stereocenters. The zero-order valence-electron chi connectivity index (χ0n) is 11.8. The molecule has 18 heavy (non-hydrogen) atoms. The average molecular weight is 248 g/mol. The van der Waals surface area contributed by atoms with Crippen LogP contribution in [0.5, 0.6) is 0 Å². The molecule has 0 saturated heterocycles. The van der Waals surface area contributed by atoms with Gasteiger partial charge in [0.25, 0.3) is 0 Å². The largest absolute Gasteiger partial charge is 0.373 e. The third kappa shape index (κ3) is 2.42. The van der Waals surface area contributed by atoms with Gasteiger partial charge >= 0.3 is 0 Å². The minimum atomic E-state index is 0.549. The smallest absolute Gasteiger partial charge is 0.134 e. The highest BCUT2D eigenvalue weighted by atomic mass is 15.1. The van der Waals surface area contributed by atoms with E-state index >= 15 is 0 Å². The minimum Gasteiger partial charge on any atom is -0.373 e. The van der Waals surface area contributed by atoms with Crippen molar-refractivity contribution in [2.24, 2.45) is 11.8 Å². The highest BCUT2D eigenvalue weighted by Gasteiger charge is 2.31. The summed E-state index contributed by atoms with van der Waals surface area (Å²) in [5.74, 6) is 3.46. The molecular weight excluding hydrogens is 224 g/mol. The Balaban J connectivity index is 2.11. The summed E-state index contributed by atoms with van der Waals surface area (Å²) in [6.07, 6.45) is 5.48. The van der Waals surface area contributed by atoms with Gasteiger partial charge in [0.1, 0.15) is 18.0 Å². The molecule has 1 aliphatic carbocycles. The van der Waals surface area contributed by atoms with Crippen LogP contribution in [0.1, 0.15) is 38.7 Å². The van der Waals surface area contributed by atoms with E-state index in [1.165, 1.54) is 19.3 Å². The van der Waals surface area contributed by atoms with Crippen molar-refractivity contribution < 1.29 is 0 Å². The van der Waals surface area contributed by atoms with Gasteiger partial charge in [-0.05, 0) is 31.6 Å². The molecule has 0 aliphatic heterocycles. The van der Waals surface area contributed by atoms with E-state index in [1.54, 1.807) is 6.33 Å². The highest BCUT2D eigenvalue weighted by molar-refractivity contribution is 5.56. The van der Waals surface area contributed by atoms with Crippen LogP contribution in [0.25, 0.3) is 0 Å². The summed E-state index contributed by atoms with van der Waals surface area (Å²) < 4.78 is 0. The Kier molecular flexibility index (Phi) is 4.04.